The molecule has 1 saturated heterocycles. The lowest BCUT2D eigenvalue weighted by Gasteiger charge is -2.09. The molecule has 1 aromatic rings. The monoisotopic (exact) mass is 335 g/mol. The lowest BCUT2D eigenvalue weighted by atomic mass is 10.1. The minimum atomic E-state index is -0.748. The van der Waals surface area contributed by atoms with E-state index in [0.717, 1.165) is 13.1 Å². The van der Waals surface area contributed by atoms with Crippen molar-refractivity contribution in [1.29, 1.82) is 0 Å². The maximum atomic E-state index is 10.3. The van der Waals surface area contributed by atoms with Gasteiger partial charge in [-0.3, -0.25) is 4.79 Å². The van der Waals surface area contributed by atoms with Gasteiger partial charge in [0.15, 0.2) is 0 Å². The van der Waals surface area contributed by atoms with Gasteiger partial charge in [0.2, 0.25) is 0 Å². The first-order chi connectivity index (χ1) is 10.1. The third-order valence-corrected chi connectivity index (χ3v) is 3.25. The molecule has 1 unspecified atom stereocenters. The molecule has 1 aliphatic heterocycles. The molecule has 0 bridgehead atoms. The van der Waals surface area contributed by atoms with Crippen molar-refractivity contribution < 1.29 is 14.6 Å². The van der Waals surface area contributed by atoms with Crippen LogP contribution in [-0.2, 0) is 9.53 Å². The van der Waals surface area contributed by atoms with Crippen LogP contribution in [0.3, 0.4) is 0 Å². The molecule has 0 amide bonds. The van der Waals surface area contributed by atoms with Crippen molar-refractivity contribution in [2.24, 2.45) is 5.92 Å². The third kappa shape index (κ3) is 10.5. The topological polar surface area (TPSA) is 58.6 Å². The van der Waals surface area contributed by atoms with Crippen LogP contribution >= 0.6 is 23.2 Å². The quantitative estimate of drug-likeness (QED) is 0.864. The van der Waals surface area contributed by atoms with E-state index in [9.17, 15) is 4.79 Å². The van der Waals surface area contributed by atoms with Gasteiger partial charge in [-0.15, -0.1) is 0 Å². The summed E-state index contributed by atoms with van der Waals surface area (Å²) in [5, 5.41) is 12.8. The van der Waals surface area contributed by atoms with Crippen LogP contribution in [0.15, 0.2) is 24.3 Å². The highest BCUT2D eigenvalue weighted by Gasteiger charge is 2.14. The van der Waals surface area contributed by atoms with Crippen molar-refractivity contribution in [1.82, 2.24) is 5.32 Å². The minimum Gasteiger partial charge on any atom is -0.481 e. The number of hydrogen-bond acceptors (Lipinski definition) is 3. The van der Waals surface area contributed by atoms with Crippen LogP contribution in [-0.4, -0.2) is 37.4 Å². The molecular formula is C15H23Cl2NO3. The summed E-state index contributed by atoms with van der Waals surface area (Å²) in [6.45, 7) is 6.85. The van der Waals surface area contributed by atoms with Crippen LogP contribution in [0.2, 0.25) is 10.0 Å². The maximum absolute atomic E-state index is 10.3. The molecule has 1 fully saturated rings. The minimum absolute atomic E-state index is 0.134. The largest absolute Gasteiger partial charge is 0.481 e. The average molecular weight is 336 g/mol. The Balaban J connectivity index is 0.000000354. The number of rotatable bonds is 2. The van der Waals surface area contributed by atoms with Crippen LogP contribution in [0.4, 0.5) is 0 Å². The fourth-order valence-corrected chi connectivity index (χ4v) is 1.85. The number of carbonyl (C=O) groups is 1. The third-order valence-electron chi connectivity index (χ3n) is 2.50. The molecule has 1 aromatic carbocycles. The first-order valence-electron chi connectivity index (χ1n) is 7.00. The van der Waals surface area contributed by atoms with Crippen molar-refractivity contribution >= 4 is 29.2 Å². The summed E-state index contributed by atoms with van der Waals surface area (Å²) < 4.78 is 5.18. The second kappa shape index (κ2) is 12.9. The van der Waals surface area contributed by atoms with E-state index in [1.807, 2.05) is 26.0 Å². The number of aliphatic carboxylic acids is 1. The number of benzene rings is 1. The van der Waals surface area contributed by atoms with Crippen LogP contribution in [0, 0.1) is 5.92 Å². The molecular weight excluding hydrogens is 313 g/mol. The lowest BCUT2D eigenvalue weighted by molar-refractivity contribution is -0.138. The number of carboxylic acid groups (broad SMARTS) is 1. The summed E-state index contributed by atoms with van der Waals surface area (Å²) >= 11 is 11.2. The van der Waals surface area contributed by atoms with Gasteiger partial charge in [0.25, 0.3) is 0 Å². The molecule has 1 heterocycles. The molecule has 21 heavy (non-hydrogen) atoms. The fourth-order valence-electron chi connectivity index (χ4n) is 1.58. The molecule has 120 valence electrons. The van der Waals surface area contributed by atoms with E-state index >= 15 is 0 Å². The van der Waals surface area contributed by atoms with Crippen molar-refractivity contribution in [3.05, 3.63) is 34.3 Å². The summed E-state index contributed by atoms with van der Waals surface area (Å²) in [5.74, 6) is -0.614. The highest BCUT2D eigenvalue weighted by atomic mass is 35.5. The van der Waals surface area contributed by atoms with Gasteiger partial charge in [0.1, 0.15) is 0 Å². The van der Waals surface area contributed by atoms with E-state index in [1.54, 1.807) is 12.1 Å². The van der Waals surface area contributed by atoms with Crippen molar-refractivity contribution in [2.75, 3.05) is 26.3 Å². The maximum Gasteiger partial charge on any atom is 0.303 e. The average Bonchev–Trinajstić information content (AvgIpc) is 2.73. The van der Waals surface area contributed by atoms with Gasteiger partial charge in [-0.2, -0.15) is 0 Å². The van der Waals surface area contributed by atoms with Crippen molar-refractivity contribution in [3.8, 4) is 0 Å². The lowest BCUT2D eigenvalue weighted by Crippen LogP contribution is -2.24. The second-order valence-electron chi connectivity index (χ2n) is 4.16. The van der Waals surface area contributed by atoms with Crippen LogP contribution in [0.25, 0.3) is 0 Å². The first kappa shape index (κ1) is 20.2. The van der Waals surface area contributed by atoms with Gasteiger partial charge in [0, 0.05) is 19.0 Å². The van der Waals surface area contributed by atoms with E-state index < -0.39 is 5.97 Å². The van der Waals surface area contributed by atoms with E-state index in [2.05, 4.69) is 5.32 Å². The molecule has 2 N–H and O–H groups in total. The Bertz CT molecular complexity index is 373. The smallest absolute Gasteiger partial charge is 0.303 e. The Kier molecular flexibility index (Phi) is 12.4. The normalized spacial score (nSPS) is 17.4. The molecule has 1 atom stereocenters. The number of hydrogen-bond donors (Lipinski definition) is 2. The molecule has 0 aromatic heterocycles. The Morgan fingerprint density at radius 3 is 2.38 bits per heavy atom. The standard InChI is InChI=1S/C7H13NO3.C6H4Cl2.C2H6/c9-7(10)3-6-4-8-1-2-11-5-6;7-5-3-1-2-4-6(5)8;1-2/h6,8H,1-5H2,(H,9,10);1-4H;1-2H3. The zero-order valence-electron chi connectivity index (χ0n) is 12.4. The van der Waals surface area contributed by atoms with Crippen molar-refractivity contribution in [3.63, 3.8) is 0 Å². The molecule has 6 heteroatoms. The van der Waals surface area contributed by atoms with Gasteiger partial charge in [-0.05, 0) is 12.1 Å². The zero-order valence-corrected chi connectivity index (χ0v) is 14.0. The van der Waals surface area contributed by atoms with Gasteiger partial charge < -0.3 is 15.2 Å². The first-order valence-corrected chi connectivity index (χ1v) is 7.75. The Labute approximate surface area is 136 Å². The SMILES string of the molecule is CC.Clc1ccccc1Cl.O=C(O)CC1CNCCOC1. The summed E-state index contributed by atoms with van der Waals surface area (Å²) in [6, 6.07) is 7.19. The van der Waals surface area contributed by atoms with E-state index in [0.29, 0.717) is 23.3 Å². The molecule has 0 aliphatic carbocycles. The van der Waals surface area contributed by atoms with Crippen LogP contribution in [0.1, 0.15) is 20.3 Å². The van der Waals surface area contributed by atoms with Gasteiger partial charge in [0.05, 0.1) is 29.7 Å². The zero-order chi connectivity index (χ0) is 16.1. The van der Waals surface area contributed by atoms with E-state index in [1.165, 1.54) is 0 Å². The molecule has 2 rings (SSSR count). The number of ether oxygens (including phenoxy) is 1. The molecule has 0 radical (unpaired) electrons. The number of nitrogens with one attached hydrogen (secondary N) is 1. The highest BCUT2D eigenvalue weighted by Crippen LogP contribution is 2.19. The van der Waals surface area contributed by atoms with Crippen molar-refractivity contribution in [2.45, 2.75) is 20.3 Å². The van der Waals surface area contributed by atoms with Gasteiger partial charge in [-0.1, -0.05) is 49.2 Å². The second-order valence-corrected chi connectivity index (χ2v) is 4.97. The summed E-state index contributed by atoms with van der Waals surface area (Å²) in [4.78, 5) is 10.3. The molecule has 1 aliphatic rings. The molecule has 0 spiro atoms. The summed E-state index contributed by atoms with van der Waals surface area (Å²) in [7, 11) is 0. The predicted octanol–water partition coefficient (Wildman–Crippen LogP) is 3.72. The molecule has 0 saturated carbocycles. The fraction of sp³-hybridized carbons (Fsp3) is 0.533. The Morgan fingerprint density at radius 2 is 1.90 bits per heavy atom. The van der Waals surface area contributed by atoms with Gasteiger partial charge >= 0.3 is 5.97 Å². The van der Waals surface area contributed by atoms with Crippen LogP contribution in [0.5, 0.6) is 0 Å². The van der Waals surface area contributed by atoms with Gasteiger partial charge in [-0.25, -0.2) is 0 Å². The summed E-state index contributed by atoms with van der Waals surface area (Å²) in [6.07, 6.45) is 0.201. The molecule has 4 nitrogen and oxygen atoms in total. The number of carboxylic acids is 1. The van der Waals surface area contributed by atoms with E-state index in [4.69, 9.17) is 33.0 Å². The highest BCUT2D eigenvalue weighted by molar-refractivity contribution is 6.41. The summed E-state index contributed by atoms with van der Waals surface area (Å²) in [5.41, 5.74) is 0. The van der Waals surface area contributed by atoms with E-state index in [-0.39, 0.29) is 12.3 Å². The Hall–Kier alpha value is -0.810. The predicted molar refractivity (Wildman–Crippen MR) is 87.2 cm³/mol. The van der Waals surface area contributed by atoms with Crippen LogP contribution < -0.4 is 5.32 Å². The Morgan fingerprint density at radius 1 is 1.33 bits per heavy atom. The number of halogens is 2.